The number of hydrogen-bond acceptors (Lipinski definition) is 0. The molecule has 0 aliphatic carbocycles. The van der Waals surface area contributed by atoms with E-state index >= 15 is 0 Å². The van der Waals surface area contributed by atoms with Crippen LogP contribution in [0, 0.1) is 25.2 Å². The summed E-state index contributed by atoms with van der Waals surface area (Å²) in [6, 6.07) is 5.86. The number of rotatable bonds is 1. The van der Waals surface area contributed by atoms with Crippen molar-refractivity contribution in [3.05, 3.63) is 40.3 Å². The standard InChI is InChI=1S/C11H10Cl/c1-4-8(2)10-7-5-6-9(3)11(10)12/h1,5-7H,2-3H3. The molecule has 1 rings (SSSR count). The van der Waals surface area contributed by atoms with Gasteiger partial charge in [0, 0.05) is 5.02 Å². The van der Waals surface area contributed by atoms with Crippen LogP contribution in [0.2, 0.25) is 5.02 Å². The molecule has 61 valence electrons. The lowest BCUT2D eigenvalue weighted by molar-refractivity contribution is 1.27. The summed E-state index contributed by atoms with van der Waals surface area (Å²) in [5.41, 5.74) is 2.02. The Morgan fingerprint density at radius 2 is 2.17 bits per heavy atom. The van der Waals surface area contributed by atoms with Gasteiger partial charge in [-0.05, 0) is 25.0 Å². The third-order valence-electron chi connectivity index (χ3n) is 1.81. The Kier molecular flexibility index (Phi) is 2.78. The summed E-state index contributed by atoms with van der Waals surface area (Å²) >= 11 is 6.05. The van der Waals surface area contributed by atoms with Crippen molar-refractivity contribution >= 4 is 11.6 Å². The van der Waals surface area contributed by atoms with Gasteiger partial charge in [-0.15, -0.1) is 6.42 Å². The maximum atomic E-state index is 6.05. The first-order valence-corrected chi connectivity index (χ1v) is 4.10. The molecule has 1 radical (unpaired) electrons. The highest BCUT2D eigenvalue weighted by atomic mass is 35.5. The number of aryl methyl sites for hydroxylation is 1. The third-order valence-corrected chi connectivity index (χ3v) is 2.31. The molecule has 0 heterocycles. The first-order valence-electron chi connectivity index (χ1n) is 3.72. The second kappa shape index (κ2) is 3.65. The molecule has 0 amide bonds. The molecule has 0 aromatic heterocycles. The zero-order valence-electron chi connectivity index (χ0n) is 7.19. The van der Waals surface area contributed by atoms with E-state index in [9.17, 15) is 0 Å². The Morgan fingerprint density at radius 3 is 2.75 bits per heavy atom. The summed E-state index contributed by atoms with van der Waals surface area (Å²) in [4.78, 5) is 0. The molecule has 1 heteroatoms. The van der Waals surface area contributed by atoms with Crippen LogP contribution in [0.25, 0.3) is 0 Å². The first kappa shape index (κ1) is 9.16. The molecule has 0 bridgehead atoms. The van der Waals surface area contributed by atoms with Crippen molar-refractivity contribution in [2.75, 3.05) is 0 Å². The maximum Gasteiger partial charge on any atom is 0.0750 e. The normalized spacial score (nSPS) is 9.92. The minimum absolute atomic E-state index is 0.757. The molecular formula is C11H10Cl. The van der Waals surface area contributed by atoms with Crippen molar-refractivity contribution in [2.24, 2.45) is 0 Å². The molecule has 0 spiro atoms. The van der Waals surface area contributed by atoms with Crippen LogP contribution < -0.4 is 0 Å². The monoisotopic (exact) mass is 177 g/mol. The second-order valence-corrected chi connectivity index (χ2v) is 3.08. The van der Waals surface area contributed by atoms with Gasteiger partial charge in [-0.3, -0.25) is 0 Å². The molecule has 12 heavy (non-hydrogen) atoms. The van der Waals surface area contributed by atoms with E-state index in [1.165, 1.54) is 0 Å². The van der Waals surface area contributed by atoms with E-state index in [2.05, 4.69) is 5.92 Å². The number of benzene rings is 1. The third kappa shape index (κ3) is 1.62. The van der Waals surface area contributed by atoms with Gasteiger partial charge in [-0.1, -0.05) is 35.7 Å². The summed E-state index contributed by atoms with van der Waals surface area (Å²) in [5, 5.41) is 0.757. The fraction of sp³-hybridized carbons (Fsp3) is 0.182. The molecule has 0 N–H and O–H groups in total. The van der Waals surface area contributed by atoms with Crippen LogP contribution >= 0.6 is 11.6 Å². The van der Waals surface area contributed by atoms with E-state index in [1.54, 1.807) is 0 Å². The van der Waals surface area contributed by atoms with Crippen molar-refractivity contribution in [2.45, 2.75) is 13.8 Å². The molecule has 0 nitrogen and oxygen atoms in total. The van der Waals surface area contributed by atoms with Gasteiger partial charge in [-0.2, -0.15) is 0 Å². The van der Waals surface area contributed by atoms with Crippen LogP contribution in [0.4, 0.5) is 0 Å². The van der Waals surface area contributed by atoms with Crippen molar-refractivity contribution in [3.63, 3.8) is 0 Å². The van der Waals surface area contributed by atoms with Crippen LogP contribution in [0.15, 0.2) is 18.2 Å². The van der Waals surface area contributed by atoms with Gasteiger partial charge in [0.15, 0.2) is 0 Å². The van der Waals surface area contributed by atoms with Gasteiger partial charge in [0.05, 0.1) is 5.92 Å². The highest BCUT2D eigenvalue weighted by Gasteiger charge is 2.08. The fourth-order valence-electron chi connectivity index (χ4n) is 1.01. The van der Waals surface area contributed by atoms with E-state index in [1.807, 2.05) is 32.0 Å². The molecular weight excluding hydrogens is 168 g/mol. The topological polar surface area (TPSA) is 0 Å². The van der Waals surface area contributed by atoms with Gasteiger partial charge in [0.25, 0.3) is 0 Å². The highest BCUT2D eigenvalue weighted by Crippen LogP contribution is 2.25. The molecule has 0 saturated carbocycles. The lowest BCUT2D eigenvalue weighted by Gasteiger charge is -2.07. The lowest BCUT2D eigenvalue weighted by atomic mass is 10.0. The molecule has 0 unspecified atom stereocenters. The summed E-state index contributed by atoms with van der Waals surface area (Å²) < 4.78 is 0. The van der Waals surface area contributed by atoms with E-state index in [4.69, 9.17) is 18.0 Å². The molecule has 0 aliphatic heterocycles. The van der Waals surface area contributed by atoms with Gasteiger partial charge in [0.1, 0.15) is 0 Å². The van der Waals surface area contributed by atoms with E-state index < -0.39 is 0 Å². The number of hydrogen-bond donors (Lipinski definition) is 0. The van der Waals surface area contributed by atoms with Crippen LogP contribution in [0.1, 0.15) is 18.1 Å². The van der Waals surface area contributed by atoms with Crippen LogP contribution in [0.3, 0.4) is 0 Å². The summed E-state index contributed by atoms with van der Waals surface area (Å²) in [5.74, 6) is 3.46. The molecule has 0 atom stereocenters. The Balaban J connectivity index is 3.18. The average Bonchev–Trinajstić information content (AvgIpc) is 2.08. The lowest BCUT2D eigenvalue weighted by Crippen LogP contribution is -1.92. The van der Waals surface area contributed by atoms with Crippen molar-refractivity contribution in [1.29, 1.82) is 0 Å². The van der Waals surface area contributed by atoms with E-state index in [0.717, 1.165) is 22.1 Å². The number of halogens is 1. The predicted octanol–water partition coefficient (Wildman–Crippen LogP) is 3.22. The summed E-state index contributed by atoms with van der Waals surface area (Å²) in [6.07, 6.45) is 5.28. The Bertz CT molecular complexity index is 320. The zero-order valence-corrected chi connectivity index (χ0v) is 7.94. The van der Waals surface area contributed by atoms with Crippen molar-refractivity contribution in [3.8, 4) is 12.3 Å². The SMILES string of the molecule is C#C[C](C)c1cccc(C)c1Cl. The van der Waals surface area contributed by atoms with E-state index in [-0.39, 0.29) is 0 Å². The van der Waals surface area contributed by atoms with E-state index in [0.29, 0.717) is 0 Å². The molecule has 0 aliphatic rings. The predicted molar refractivity (Wildman–Crippen MR) is 53.0 cm³/mol. The van der Waals surface area contributed by atoms with Crippen LogP contribution in [0.5, 0.6) is 0 Å². The zero-order chi connectivity index (χ0) is 9.14. The number of terminal acetylenes is 1. The average molecular weight is 178 g/mol. The minimum atomic E-state index is 0.757. The van der Waals surface area contributed by atoms with Crippen molar-refractivity contribution in [1.82, 2.24) is 0 Å². The van der Waals surface area contributed by atoms with Crippen molar-refractivity contribution < 1.29 is 0 Å². The smallest absolute Gasteiger partial charge is 0.0750 e. The Hall–Kier alpha value is -0.930. The summed E-state index contributed by atoms with van der Waals surface area (Å²) in [7, 11) is 0. The second-order valence-electron chi connectivity index (χ2n) is 2.71. The van der Waals surface area contributed by atoms with Crippen LogP contribution in [-0.4, -0.2) is 0 Å². The molecule has 0 saturated heterocycles. The first-order chi connectivity index (χ1) is 5.66. The highest BCUT2D eigenvalue weighted by molar-refractivity contribution is 6.32. The minimum Gasteiger partial charge on any atom is -0.119 e. The summed E-state index contributed by atoms with van der Waals surface area (Å²) in [6.45, 7) is 3.86. The van der Waals surface area contributed by atoms with Crippen LogP contribution in [-0.2, 0) is 0 Å². The van der Waals surface area contributed by atoms with Gasteiger partial charge < -0.3 is 0 Å². The Labute approximate surface area is 78.6 Å². The Morgan fingerprint density at radius 1 is 1.50 bits per heavy atom. The largest absolute Gasteiger partial charge is 0.119 e. The van der Waals surface area contributed by atoms with Gasteiger partial charge in [0.2, 0.25) is 0 Å². The van der Waals surface area contributed by atoms with Gasteiger partial charge >= 0.3 is 0 Å². The van der Waals surface area contributed by atoms with Gasteiger partial charge in [-0.25, -0.2) is 0 Å². The molecule has 1 aromatic rings. The molecule has 0 fully saturated rings. The fourth-order valence-corrected chi connectivity index (χ4v) is 1.28. The maximum absolute atomic E-state index is 6.05. The molecule has 1 aromatic carbocycles. The quantitative estimate of drug-likeness (QED) is 0.578.